The van der Waals surface area contributed by atoms with Crippen molar-refractivity contribution >= 4 is 40.7 Å². The lowest BCUT2D eigenvalue weighted by molar-refractivity contribution is -0.138. The molecule has 3 rings (SSSR count). The average Bonchev–Trinajstić information content (AvgIpc) is 2.90. The number of methoxy groups -OCH3 is 1. The SMILES string of the molecule is COCC(=O)N(C(=O)[C@@H](C)Oc1ccc(Oc2ccc(C(F)(F)F)cn2)cc1)c1ccccc1C(C)(C)C(Cl)Cl. The summed E-state index contributed by atoms with van der Waals surface area (Å²) in [4.78, 5) is 30.4. The number of hydrogen-bond acceptors (Lipinski definition) is 6. The quantitative estimate of drug-likeness (QED) is 0.235. The minimum absolute atomic E-state index is 0.0322. The van der Waals surface area contributed by atoms with Crippen LogP contribution in [0.25, 0.3) is 0 Å². The van der Waals surface area contributed by atoms with Gasteiger partial charge in [0.1, 0.15) is 22.9 Å². The first kappa shape index (κ1) is 31.2. The first-order chi connectivity index (χ1) is 18.8. The molecule has 0 saturated heterocycles. The van der Waals surface area contributed by atoms with Crippen LogP contribution in [0.4, 0.5) is 18.9 Å². The molecule has 1 heterocycles. The number of pyridine rings is 1. The lowest BCUT2D eigenvalue weighted by atomic mass is 9.84. The second-order valence-corrected chi connectivity index (χ2v) is 10.4. The summed E-state index contributed by atoms with van der Waals surface area (Å²) < 4.78 is 54.5. The number of para-hydroxylation sites is 1. The Balaban J connectivity index is 1.79. The van der Waals surface area contributed by atoms with Crippen LogP contribution in [-0.4, -0.2) is 41.5 Å². The van der Waals surface area contributed by atoms with Crippen molar-refractivity contribution in [2.24, 2.45) is 0 Å². The zero-order valence-electron chi connectivity index (χ0n) is 22.0. The van der Waals surface area contributed by atoms with Gasteiger partial charge in [-0.15, -0.1) is 23.2 Å². The van der Waals surface area contributed by atoms with Crippen LogP contribution in [0.5, 0.6) is 17.4 Å². The van der Waals surface area contributed by atoms with Gasteiger partial charge in [-0.2, -0.15) is 13.2 Å². The summed E-state index contributed by atoms with van der Waals surface area (Å²) in [6.07, 6.45) is -4.93. The molecule has 0 unspecified atom stereocenters. The number of nitrogens with zero attached hydrogens (tertiary/aromatic N) is 2. The number of rotatable bonds is 10. The molecule has 12 heteroatoms. The van der Waals surface area contributed by atoms with Crippen molar-refractivity contribution in [1.82, 2.24) is 4.98 Å². The van der Waals surface area contributed by atoms with Crippen LogP contribution in [0.3, 0.4) is 0 Å². The molecule has 7 nitrogen and oxygen atoms in total. The van der Waals surface area contributed by atoms with Crippen LogP contribution < -0.4 is 14.4 Å². The molecule has 0 bridgehead atoms. The highest BCUT2D eigenvalue weighted by molar-refractivity contribution is 6.45. The number of hydrogen-bond donors (Lipinski definition) is 0. The summed E-state index contributed by atoms with van der Waals surface area (Å²) in [5.74, 6) is -0.735. The Morgan fingerprint density at radius 2 is 1.60 bits per heavy atom. The van der Waals surface area contributed by atoms with Gasteiger partial charge in [0.05, 0.1) is 11.3 Å². The first-order valence-corrected chi connectivity index (χ1v) is 12.8. The summed E-state index contributed by atoms with van der Waals surface area (Å²) in [7, 11) is 1.34. The topological polar surface area (TPSA) is 78.0 Å². The Labute approximate surface area is 239 Å². The van der Waals surface area contributed by atoms with Crippen molar-refractivity contribution in [3.63, 3.8) is 0 Å². The van der Waals surface area contributed by atoms with Crippen LogP contribution in [0.15, 0.2) is 66.9 Å². The van der Waals surface area contributed by atoms with Crippen molar-refractivity contribution in [2.75, 3.05) is 18.6 Å². The standard InChI is InChI=1S/C28H27Cl2F3N2O5/c1-17(39-19-10-12-20(13-11-19)40-23-14-9-18(15-34-23)28(31,32)33)25(37)35(24(36)16-38-4)22-8-6-5-7-21(22)27(2,3)26(29)30/h5-15,17,26H,16H2,1-4H3/t17-/m1/s1. The zero-order chi connectivity index (χ0) is 29.7. The van der Waals surface area contributed by atoms with Crippen molar-refractivity contribution in [1.29, 1.82) is 0 Å². The lowest BCUT2D eigenvalue weighted by Gasteiger charge is -2.33. The molecular weight excluding hydrogens is 572 g/mol. The third kappa shape index (κ3) is 7.44. The van der Waals surface area contributed by atoms with Crippen LogP contribution in [0.2, 0.25) is 0 Å². The normalized spacial score (nSPS) is 12.7. The monoisotopic (exact) mass is 598 g/mol. The Kier molecular flexibility index (Phi) is 10.0. The van der Waals surface area contributed by atoms with Crippen molar-refractivity contribution < 1.29 is 37.0 Å². The molecule has 0 aliphatic heterocycles. The van der Waals surface area contributed by atoms with Crippen LogP contribution in [0, 0.1) is 0 Å². The van der Waals surface area contributed by atoms with Gasteiger partial charge in [-0.05, 0) is 48.9 Å². The van der Waals surface area contributed by atoms with Gasteiger partial charge in [-0.3, -0.25) is 9.59 Å². The molecule has 0 saturated carbocycles. The number of ether oxygens (including phenoxy) is 3. The molecule has 1 aromatic heterocycles. The van der Waals surface area contributed by atoms with Gasteiger partial charge in [0.25, 0.3) is 11.8 Å². The van der Waals surface area contributed by atoms with Gasteiger partial charge in [0.15, 0.2) is 6.10 Å². The van der Waals surface area contributed by atoms with Crippen molar-refractivity contribution in [2.45, 2.75) is 43.3 Å². The molecule has 0 fully saturated rings. The number of carbonyl (C=O) groups excluding carboxylic acids is 2. The molecule has 1 atom stereocenters. The molecule has 3 aromatic rings. The molecule has 0 spiro atoms. The van der Waals surface area contributed by atoms with E-state index in [2.05, 4.69) is 4.98 Å². The van der Waals surface area contributed by atoms with E-state index in [-0.39, 0.29) is 24.0 Å². The highest BCUT2D eigenvalue weighted by atomic mass is 35.5. The van der Waals surface area contributed by atoms with E-state index >= 15 is 0 Å². The fraction of sp³-hybridized carbons (Fsp3) is 0.321. The number of anilines is 1. The lowest BCUT2D eigenvalue weighted by Crippen LogP contribution is -2.47. The van der Waals surface area contributed by atoms with Crippen LogP contribution in [0.1, 0.15) is 31.9 Å². The van der Waals surface area contributed by atoms with Gasteiger partial charge in [0, 0.05) is 24.8 Å². The molecule has 0 radical (unpaired) electrons. The molecule has 40 heavy (non-hydrogen) atoms. The zero-order valence-corrected chi connectivity index (χ0v) is 23.6. The van der Waals surface area contributed by atoms with E-state index in [9.17, 15) is 22.8 Å². The maximum Gasteiger partial charge on any atom is 0.417 e. The molecular formula is C28H27Cl2F3N2O5. The van der Waals surface area contributed by atoms with Gasteiger partial charge >= 0.3 is 6.18 Å². The second-order valence-electron chi connectivity index (χ2n) is 9.26. The van der Waals surface area contributed by atoms with Crippen molar-refractivity contribution in [3.05, 3.63) is 78.0 Å². The maximum atomic E-state index is 13.6. The van der Waals surface area contributed by atoms with E-state index < -0.39 is 39.9 Å². The summed E-state index contributed by atoms with van der Waals surface area (Å²) in [5, 5.41) is 0. The van der Waals surface area contributed by atoms with Gasteiger partial charge < -0.3 is 14.2 Å². The van der Waals surface area contributed by atoms with E-state index in [4.69, 9.17) is 37.4 Å². The fourth-order valence-corrected chi connectivity index (χ4v) is 3.88. The minimum Gasteiger partial charge on any atom is -0.481 e. The fourth-order valence-electron chi connectivity index (χ4n) is 3.65. The third-order valence-corrected chi connectivity index (χ3v) is 6.98. The molecule has 2 amide bonds. The highest BCUT2D eigenvalue weighted by Gasteiger charge is 2.36. The Morgan fingerprint density at radius 1 is 0.975 bits per heavy atom. The van der Waals surface area contributed by atoms with Crippen LogP contribution >= 0.6 is 23.2 Å². The van der Waals surface area contributed by atoms with E-state index in [0.717, 1.165) is 17.0 Å². The predicted octanol–water partition coefficient (Wildman–Crippen LogP) is 6.95. The summed E-state index contributed by atoms with van der Waals surface area (Å²) >= 11 is 12.5. The number of imide groups is 1. The Morgan fingerprint density at radius 3 is 2.15 bits per heavy atom. The number of benzene rings is 2. The van der Waals surface area contributed by atoms with E-state index in [1.165, 1.54) is 38.3 Å². The molecule has 214 valence electrons. The summed E-state index contributed by atoms with van der Waals surface area (Å²) in [6, 6.07) is 14.8. The van der Waals surface area contributed by atoms with E-state index in [1.54, 1.807) is 38.1 Å². The predicted molar refractivity (Wildman–Crippen MR) is 145 cm³/mol. The number of carbonyl (C=O) groups is 2. The second kappa shape index (κ2) is 12.9. The Hall–Kier alpha value is -3.34. The summed E-state index contributed by atoms with van der Waals surface area (Å²) in [5.41, 5.74) is -0.827. The van der Waals surface area contributed by atoms with Gasteiger partial charge in [0.2, 0.25) is 5.88 Å². The molecule has 0 aliphatic carbocycles. The number of alkyl halides is 5. The van der Waals surface area contributed by atoms with E-state index in [0.29, 0.717) is 17.4 Å². The van der Waals surface area contributed by atoms with Crippen molar-refractivity contribution in [3.8, 4) is 17.4 Å². The Bertz CT molecular complexity index is 1320. The largest absolute Gasteiger partial charge is 0.481 e. The van der Waals surface area contributed by atoms with E-state index in [1.807, 2.05) is 0 Å². The molecule has 0 aliphatic rings. The number of aromatic nitrogens is 1. The first-order valence-electron chi connectivity index (χ1n) is 12.0. The molecule has 2 aromatic carbocycles. The van der Waals surface area contributed by atoms with Crippen LogP contribution in [-0.2, 0) is 25.9 Å². The highest BCUT2D eigenvalue weighted by Crippen LogP contribution is 2.39. The number of halogens is 5. The maximum absolute atomic E-state index is 13.6. The third-order valence-electron chi connectivity index (χ3n) is 5.89. The number of amides is 2. The summed E-state index contributed by atoms with van der Waals surface area (Å²) in [6.45, 7) is 4.72. The molecule has 0 N–H and O–H groups in total. The smallest absolute Gasteiger partial charge is 0.417 e. The van der Waals surface area contributed by atoms with Gasteiger partial charge in [-0.1, -0.05) is 32.0 Å². The van der Waals surface area contributed by atoms with Gasteiger partial charge in [-0.25, -0.2) is 9.88 Å². The minimum atomic E-state index is -4.50. The average molecular weight is 599 g/mol.